The average molecular weight is 334 g/mol. The quantitative estimate of drug-likeness (QED) is 0.638. The van der Waals surface area contributed by atoms with E-state index in [1.807, 2.05) is 12.1 Å². The largest absolute Gasteiger partial charge is 0.379 e. The lowest BCUT2D eigenvalue weighted by molar-refractivity contribution is 0.0209. The van der Waals surface area contributed by atoms with E-state index in [-0.39, 0.29) is 0 Å². The number of benzene rings is 2. The van der Waals surface area contributed by atoms with Gasteiger partial charge in [-0.15, -0.1) is 6.42 Å². The molecule has 2 aliphatic rings. The number of carbonyl (C=O) groups is 1. The molecule has 2 aromatic carbocycles. The van der Waals surface area contributed by atoms with E-state index in [1.165, 1.54) is 12.1 Å². The SMILES string of the molecule is C#Cc1ccc2ccc(N3CCC(N4CCOCC4)C3)cc2c1C=O. The fraction of sp³-hybridized carbons (Fsp3) is 0.381. The van der Waals surface area contributed by atoms with Gasteiger partial charge >= 0.3 is 0 Å². The van der Waals surface area contributed by atoms with Crippen LogP contribution in [0.2, 0.25) is 0 Å². The van der Waals surface area contributed by atoms with Gasteiger partial charge in [-0.25, -0.2) is 0 Å². The molecule has 4 heteroatoms. The molecule has 0 spiro atoms. The van der Waals surface area contributed by atoms with E-state index in [0.29, 0.717) is 17.2 Å². The summed E-state index contributed by atoms with van der Waals surface area (Å²) in [6.45, 7) is 5.79. The molecule has 128 valence electrons. The zero-order valence-corrected chi connectivity index (χ0v) is 14.3. The number of nitrogens with zero attached hydrogens (tertiary/aromatic N) is 2. The molecule has 2 heterocycles. The van der Waals surface area contributed by atoms with Gasteiger partial charge < -0.3 is 9.64 Å². The number of anilines is 1. The minimum atomic E-state index is 0.585. The molecule has 0 amide bonds. The number of hydrogen-bond donors (Lipinski definition) is 0. The molecule has 2 aromatic rings. The highest BCUT2D eigenvalue weighted by Gasteiger charge is 2.29. The van der Waals surface area contributed by atoms with Crippen molar-refractivity contribution in [2.75, 3.05) is 44.3 Å². The third kappa shape index (κ3) is 3.02. The van der Waals surface area contributed by atoms with Crippen LogP contribution in [0.25, 0.3) is 10.8 Å². The minimum Gasteiger partial charge on any atom is -0.379 e. The van der Waals surface area contributed by atoms with Crippen LogP contribution in [-0.4, -0.2) is 56.6 Å². The molecule has 0 aliphatic carbocycles. The van der Waals surface area contributed by atoms with Gasteiger partial charge in [-0.1, -0.05) is 18.1 Å². The van der Waals surface area contributed by atoms with Crippen molar-refractivity contribution in [1.82, 2.24) is 4.90 Å². The number of terminal acetylenes is 1. The second kappa shape index (κ2) is 6.87. The fourth-order valence-corrected chi connectivity index (χ4v) is 4.00. The number of morpholine rings is 1. The Morgan fingerprint density at radius 2 is 1.96 bits per heavy atom. The molecule has 0 N–H and O–H groups in total. The minimum absolute atomic E-state index is 0.585. The maximum Gasteiger partial charge on any atom is 0.151 e. The van der Waals surface area contributed by atoms with E-state index in [4.69, 9.17) is 11.2 Å². The predicted octanol–water partition coefficient (Wildman–Crippen LogP) is 2.54. The second-order valence-electron chi connectivity index (χ2n) is 6.73. The number of fused-ring (bicyclic) bond motifs is 1. The van der Waals surface area contributed by atoms with Crippen LogP contribution >= 0.6 is 0 Å². The molecule has 2 fully saturated rings. The molecular formula is C21H22N2O2. The van der Waals surface area contributed by atoms with Crippen molar-refractivity contribution in [3.05, 3.63) is 41.5 Å². The lowest BCUT2D eigenvalue weighted by atomic mass is 9.99. The molecule has 4 rings (SSSR count). The first-order valence-electron chi connectivity index (χ1n) is 8.85. The van der Waals surface area contributed by atoms with Crippen LogP contribution in [0.5, 0.6) is 0 Å². The first-order valence-corrected chi connectivity index (χ1v) is 8.85. The average Bonchev–Trinajstić information content (AvgIpc) is 3.17. The standard InChI is InChI=1S/C21H22N2O2/c1-2-16-3-4-17-5-6-18(13-20(17)21(16)15-24)23-8-7-19(14-23)22-9-11-25-12-10-22/h1,3-6,13,15,19H,7-12,14H2. The van der Waals surface area contributed by atoms with Gasteiger partial charge in [-0.05, 0) is 35.4 Å². The van der Waals surface area contributed by atoms with E-state index in [0.717, 1.165) is 56.5 Å². The second-order valence-corrected chi connectivity index (χ2v) is 6.73. The Bertz CT molecular complexity index is 834. The monoisotopic (exact) mass is 334 g/mol. The lowest BCUT2D eigenvalue weighted by Gasteiger charge is -2.32. The highest BCUT2D eigenvalue weighted by atomic mass is 16.5. The van der Waals surface area contributed by atoms with Crippen LogP contribution in [0.1, 0.15) is 22.3 Å². The molecule has 0 bridgehead atoms. The molecule has 4 nitrogen and oxygen atoms in total. The first kappa shape index (κ1) is 16.1. The fourth-order valence-electron chi connectivity index (χ4n) is 4.00. The van der Waals surface area contributed by atoms with Crippen LogP contribution in [0, 0.1) is 12.3 Å². The Kier molecular flexibility index (Phi) is 4.44. The van der Waals surface area contributed by atoms with Crippen LogP contribution < -0.4 is 4.90 Å². The molecule has 0 radical (unpaired) electrons. The van der Waals surface area contributed by atoms with Crippen molar-refractivity contribution in [2.45, 2.75) is 12.5 Å². The number of ether oxygens (including phenoxy) is 1. The Morgan fingerprint density at radius 3 is 2.72 bits per heavy atom. The van der Waals surface area contributed by atoms with Crippen molar-refractivity contribution in [3.8, 4) is 12.3 Å². The van der Waals surface area contributed by atoms with Gasteiger partial charge in [-0.2, -0.15) is 0 Å². The number of hydrogen-bond acceptors (Lipinski definition) is 4. The van der Waals surface area contributed by atoms with Gasteiger partial charge in [-0.3, -0.25) is 9.69 Å². The van der Waals surface area contributed by atoms with E-state index in [2.05, 4.69) is 33.9 Å². The molecule has 0 saturated carbocycles. The smallest absolute Gasteiger partial charge is 0.151 e. The summed E-state index contributed by atoms with van der Waals surface area (Å²) in [5.41, 5.74) is 2.44. The first-order chi connectivity index (χ1) is 12.3. The molecule has 25 heavy (non-hydrogen) atoms. The highest BCUT2D eigenvalue weighted by Crippen LogP contribution is 2.29. The zero-order chi connectivity index (χ0) is 17.2. The van der Waals surface area contributed by atoms with Crippen molar-refractivity contribution in [2.24, 2.45) is 0 Å². The summed E-state index contributed by atoms with van der Waals surface area (Å²) in [6, 6.07) is 10.8. The van der Waals surface area contributed by atoms with E-state index in [9.17, 15) is 4.79 Å². The summed E-state index contributed by atoms with van der Waals surface area (Å²) >= 11 is 0. The van der Waals surface area contributed by atoms with Crippen LogP contribution in [0.3, 0.4) is 0 Å². The summed E-state index contributed by atoms with van der Waals surface area (Å²) < 4.78 is 5.46. The molecule has 1 atom stereocenters. The number of aldehydes is 1. The lowest BCUT2D eigenvalue weighted by Crippen LogP contribution is -2.44. The maximum atomic E-state index is 11.6. The normalized spacial score (nSPS) is 21.4. The third-order valence-corrected chi connectivity index (χ3v) is 5.41. The topological polar surface area (TPSA) is 32.8 Å². The van der Waals surface area contributed by atoms with Gasteiger partial charge in [0.25, 0.3) is 0 Å². The third-order valence-electron chi connectivity index (χ3n) is 5.41. The van der Waals surface area contributed by atoms with Gasteiger partial charge in [0.2, 0.25) is 0 Å². The summed E-state index contributed by atoms with van der Waals surface area (Å²) in [7, 11) is 0. The molecule has 2 saturated heterocycles. The summed E-state index contributed by atoms with van der Waals surface area (Å²) in [6.07, 6.45) is 7.59. The van der Waals surface area contributed by atoms with Gasteiger partial charge in [0.05, 0.1) is 13.2 Å². The van der Waals surface area contributed by atoms with E-state index in [1.54, 1.807) is 0 Å². The highest BCUT2D eigenvalue weighted by molar-refractivity contribution is 6.01. The summed E-state index contributed by atoms with van der Waals surface area (Å²) in [5.74, 6) is 2.61. The Labute approximate surface area is 148 Å². The molecular weight excluding hydrogens is 312 g/mol. The Morgan fingerprint density at radius 1 is 1.16 bits per heavy atom. The summed E-state index contributed by atoms with van der Waals surface area (Å²) in [5, 5.41) is 1.99. The predicted molar refractivity (Wildman–Crippen MR) is 100 cm³/mol. The summed E-state index contributed by atoms with van der Waals surface area (Å²) in [4.78, 5) is 16.5. The zero-order valence-electron chi connectivity index (χ0n) is 14.3. The number of carbonyl (C=O) groups excluding carboxylic acids is 1. The Hall–Kier alpha value is -2.35. The Balaban J connectivity index is 1.61. The van der Waals surface area contributed by atoms with Gasteiger partial charge in [0.15, 0.2) is 6.29 Å². The van der Waals surface area contributed by atoms with Crippen molar-refractivity contribution in [3.63, 3.8) is 0 Å². The van der Waals surface area contributed by atoms with Gasteiger partial charge in [0.1, 0.15) is 0 Å². The molecule has 2 aliphatic heterocycles. The van der Waals surface area contributed by atoms with Crippen LogP contribution in [0.15, 0.2) is 30.3 Å². The van der Waals surface area contributed by atoms with Crippen molar-refractivity contribution >= 4 is 22.7 Å². The maximum absolute atomic E-state index is 11.6. The molecule has 0 aromatic heterocycles. The van der Waals surface area contributed by atoms with Crippen molar-refractivity contribution in [1.29, 1.82) is 0 Å². The molecule has 1 unspecified atom stereocenters. The van der Waals surface area contributed by atoms with Crippen LogP contribution in [0.4, 0.5) is 5.69 Å². The van der Waals surface area contributed by atoms with Crippen LogP contribution in [-0.2, 0) is 4.74 Å². The number of rotatable bonds is 3. The van der Waals surface area contributed by atoms with Gasteiger partial charge in [0, 0.05) is 49.0 Å². The van der Waals surface area contributed by atoms with E-state index >= 15 is 0 Å². The van der Waals surface area contributed by atoms with E-state index < -0.39 is 0 Å². The van der Waals surface area contributed by atoms with Crippen molar-refractivity contribution < 1.29 is 9.53 Å².